The summed E-state index contributed by atoms with van der Waals surface area (Å²) < 4.78 is 0. The fourth-order valence-corrected chi connectivity index (χ4v) is 3.48. The van der Waals surface area contributed by atoms with E-state index in [9.17, 15) is 5.11 Å². The van der Waals surface area contributed by atoms with E-state index in [0.29, 0.717) is 0 Å². The molecule has 118 valence electrons. The molecule has 0 radical (unpaired) electrons. The number of rotatable bonds is 4. The highest BCUT2D eigenvalue weighted by atomic mass is 16.3. The Hall–Kier alpha value is -1.42. The molecule has 2 atom stereocenters. The van der Waals surface area contributed by atoms with E-state index in [4.69, 9.17) is 0 Å². The van der Waals surface area contributed by atoms with Gasteiger partial charge in [0.2, 0.25) is 0 Å². The maximum atomic E-state index is 11.0. The fraction of sp³-hybridized carbons (Fsp3) is 0.474. The molecule has 0 saturated carbocycles. The first-order chi connectivity index (χ1) is 10.7. The molecule has 2 aromatic carbocycles. The van der Waals surface area contributed by atoms with Crippen molar-refractivity contribution < 1.29 is 5.11 Å². The van der Waals surface area contributed by atoms with Crippen LogP contribution in [-0.4, -0.2) is 42.7 Å². The van der Waals surface area contributed by atoms with Crippen LogP contribution in [0, 0.1) is 12.8 Å². The molecule has 0 bridgehead atoms. The number of nitrogens with one attached hydrogen (secondary N) is 1. The molecule has 1 fully saturated rings. The molecule has 3 nitrogen and oxygen atoms in total. The standard InChI is InChI=1S/C19H26N2O/c1-14-7-8-16-5-3-4-6-17(16)18(14)19(22)15(2)13-21-11-9-20-10-12-21/h3-8,15,19-20,22H,9-13H2,1-2H3. The van der Waals surface area contributed by atoms with Crippen LogP contribution in [0.1, 0.15) is 24.2 Å². The number of aryl methyl sites for hydroxylation is 1. The average Bonchev–Trinajstić information content (AvgIpc) is 2.55. The molecule has 0 spiro atoms. The third-order valence-corrected chi connectivity index (χ3v) is 4.78. The van der Waals surface area contributed by atoms with E-state index in [1.165, 1.54) is 16.3 Å². The van der Waals surface area contributed by atoms with E-state index >= 15 is 0 Å². The molecule has 2 unspecified atom stereocenters. The van der Waals surface area contributed by atoms with Crippen LogP contribution < -0.4 is 5.32 Å². The van der Waals surface area contributed by atoms with Crippen molar-refractivity contribution in [3.8, 4) is 0 Å². The zero-order chi connectivity index (χ0) is 15.5. The summed E-state index contributed by atoms with van der Waals surface area (Å²) in [7, 11) is 0. The second-order valence-electron chi connectivity index (χ2n) is 6.49. The smallest absolute Gasteiger partial charge is 0.0836 e. The molecule has 2 aromatic rings. The van der Waals surface area contributed by atoms with Crippen molar-refractivity contribution in [2.24, 2.45) is 5.92 Å². The number of aliphatic hydroxyl groups is 1. The SMILES string of the molecule is Cc1ccc2ccccc2c1C(O)C(C)CN1CCNCC1. The number of piperazine rings is 1. The van der Waals surface area contributed by atoms with Crippen molar-refractivity contribution >= 4 is 10.8 Å². The van der Waals surface area contributed by atoms with Gasteiger partial charge < -0.3 is 15.3 Å². The molecule has 2 N–H and O–H groups in total. The van der Waals surface area contributed by atoms with Gasteiger partial charge in [-0.05, 0) is 34.7 Å². The third-order valence-electron chi connectivity index (χ3n) is 4.78. The summed E-state index contributed by atoms with van der Waals surface area (Å²) in [4.78, 5) is 2.45. The zero-order valence-electron chi connectivity index (χ0n) is 13.5. The molecule has 1 saturated heterocycles. The topological polar surface area (TPSA) is 35.5 Å². The number of benzene rings is 2. The van der Waals surface area contributed by atoms with Gasteiger partial charge in [-0.2, -0.15) is 0 Å². The van der Waals surface area contributed by atoms with Gasteiger partial charge >= 0.3 is 0 Å². The minimum atomic E-state index is -0.416. The van der Waals surface area contributed by atoms with Gasteiger partial charge in [0.1, 0.15) is 0 Å². The van der Waals surface area contributed by atoms with E-state index in [0.717, 1.165) is 38.3 Å². The Balaban J connectivity index is 1.84. The first-order valence-electron chi connectivity index (χ1n) is 8.26. The molecule has 0 amide bonds. The normalized spacial score (nSPS) is 19.2. The minimum absolute atomic E-state index is 0.225. The maximum Gasteiger partial charge on any atom is 0.0836 e. The van der Waals surface area contributed by atoms with E-state index in [-0.39, 0.29) is 5.92 Å². The predicted molar refractivity (Wildman–Crippen MR) is 92.1 cm³/mol. The average molecular weight is 298 g/mol. The van der Waals surface area contributed by atoms with E-state index in [2.05, 4.69) is 60.5 Å². The first kappa shape index (κ1) is 15.5. The lowest BCUT2D eigenvalue weighted by atomic mass is 9.89. The Morgan fingerprint density at radius 1 is 1.14 bits per heavy atom. The highest BCUT2D eigenvalue weighted by Crippen LogP contribution is 2.32. The second kappa shape index (κ2) is 6.78. The van der Waals surface area contributed by atoms with Gasteiger partial charge in [-0.3, -0.25) is 0 Å². The second-order valence-corrected chi connectivity index (χ2v) is 6.49. The van der Waals surface area contributed by atoms with Crippen LogP contribution in [0.5, 0.6) is 0 Å². The van der Waals surface area contributed by atoms with E-state index in [1.54, 1.807) is 0 Å². The molecule has 3 heteroatoms. The summed E-state index contributed by atoms with van der Waals surface area (Å²) in [5.41, 5.74) is 2.28. The molecule has 1 heterocycles. The molecule has 0 aromatic heterocycles. The minimum Gasteiger partial charge on any atom is -0.388 e. The van der Waals surface area contributed by atoms with Gasteiger partial charge in [-0.25, -0.2) is 0 Å². The number of hydrogen-bond donors (Lipinski definition) is 2. The Kier molecular flexibility index (Phi) is 4.77. The van der Waals surface area contributed by atoms with Crippen LogP contribution in [0.25, 0.3) is 10.8 Å². The molecule has 3 rings (SSSR count). The number of nitrogens with zero attached hydrogens (tertiary/aromatic N) is 1. The molecule has 0 aliphatic carbocycles. The summed E-state index contributed by atoms with van der Waals surface area (Å²) in [6.07, 6.45) is -0.416. The van der Waals surface area contributed by atoms with Crippen LogP contribution in [0.2, 0.25) is 0 Å². The Bertz CT molecular complexity index is 634. The molecule has 1 aliphatic heterocycles. The summed E-state index contributed by atoms with van der Waals surface area (Å²) in [5.74, 6) is 0.225. The lowest BCUT2D eigenvalue weighted by Crippen LogP contribution is -2.45. The Labute approximate surface area is 132 Å². The van der Waals surface area contributed by atoms with Gasteiger partial charge in [0.15, 0.2) is 0 Å². The van der Waals surface area contributed by atoms with Crippen molar-refractivity contribution in [3.05, 3.63) is 47.5 Å². The first-order valence-corrected chi connectivity index (χ1v) is 8.26. The lowest BCUT2D eigenvalue weighted by molar-refractivity contribution is 0.0848. The van der Waals surface area contributed by atoms with Gasteiger partial charge in [-0.1, -0.05) is 43.3 Å². The van der Waals surface area contributed by atoms with Crippen molar-refractivity contribution in [1.29, 1.82) is 0 Å². The van der Waals surface area contributed by atoms with Crippen LogP contribution in [0.4, 0.5) is 0 Å². The zero-order valence-corrected chi connectivity index (χ0v) is 13.5. The van der Waals surface area contributed by atoms with Gasteiger partial charge in [-0.15, -0.1) is 0 Å². The van der Waals surface area contributed by atoms with Gasteiger partial charge in [0.05, 0.1) is 6.10 Å². The summed E-state index contributed by atoms with van der Waals surface area (Å²) >= 11 is 0. The molecule has 22 heavy (non-hydrogen) atoms. The highest BCUT2D eigenvalue weighted by molar-refractivity contribution is 5.87. The monoisotopic (exact) mass is 298 g/mol. The van der Waals surface area contributed by atoms with E-state index in [1.807, 2.05) is 0 Å². The predicted octanol–water partition coefficient (Wildman–Crippen LogP) is 2.72. The summed E-state index contributed by atoms with van der Waals surface area (Å²) in [5, 5.41) is 16.7. The van der Waals surface area contributed by atoms with E-state index < -0.39 is 6.10 Å². The Morgan fingerprint density at radius 3 is 2.64 bits per heavy atom. The van der Waals surface area contributed by atoms with Crippen molar-refractivity contribution in [3.63, 3.8) is 0 Å². The third kappa shape index (κ3) is 3.17. The number of fused-ring (bicyclic) bond motifs is 1. The lowest BCUT2D eigenvalue weighted by Gasteiger charge is -2.32. The van der Waals surface area contributed by atoms with Crippen LogP contribution >= 0.6 is 0 Å². The number of hydrogen-bond acceptors (Lipinski definition) is 3. The van der Waals surface area contributed by atoms with Gasteiger partial charge in [0, 0.05) is 32.7 Å². The highest BCUT2D eigenvalue weighted by Gasteiger charge is 2.23. The van der Waals surface area contributed by atoms with Gasteiger partial charge in [0.25, 0.3) is 0 Å². The fourth-order valence-electron chi connectivity index (χ4n) is 3.48. The number of aliphatic hydroxyl groups excluding tert-OH is 1. The summed E-state index contributed by atoms with van der Waals surface area (Å²) in [6, 6.07) is 12.6. The molecular formula is C19H26N2O. The van der Waals surface area contributed by atoms with Crippen LogP contribution in [0.3, 0.4) is 0 Å². The largest absolute Gasteiger partial charge is 0.388 e. The summed E-state index contributed by atoms with van der Waals surface area (Å²) in [6.45, 7) is 9.46. The molecule has 1 aliphatic rings. The molecular weight excluding hydrogens is 272 g/mol. The van der Waals surface area contributed by atoms with Crippen molar-refractivity contribution in [2.75, 3.05) is 32.7 Å². The van der Waals surface area contributed by atoms with Crippen LogP contribution in [0.15, 0.2) is 36.4 Å². The van der Waals surface area contributed by atoms with Crippen molar-refractivity contribution in [2.45, 2.75) is 20.0 Å². The quantitative estimate of drug-likeness (QED) is 0.911. The van der Waals surface area contributed by atoms with Crippen LogP contribution in [-0.2, 0) is 0 Å². The maximum absolute atomic E-state index is 11.0. The Morgan fingerprint density at radius 2 is 1.86 bits per heavy atom. The van der Waals surface area contributed by atoms with Crippen molar-refractivity contribution in [1.82, 2.24) is 10.2 Å².